The lowest BCUT2D eigenvalue weighted by atomic mass is 9.93. The molecule has 0 unspecified atom stereocenters. The molecule has 0 aromatic heterocycles. The third-order valence-electron chi connectivity index (χ3n) is 4.78. The molecule has 4 rings (SSSR count). The number of ether oxygens (including phenoxy) is 1. The molecule has 0 amide bonds. The standard InChI is InChI=1S/C14H22N2OS/c1-2-10(1)12(11-3-4-11)15-13-16-14(9-18-13)5-7-17-8-6-14/h10-12H,1-9H2,(H,15,16). The van der Waals surface area contributed by atoms with Gasteiger partial charge in [-0.25, -0.2) is 0 Å². The second kappa shape index (κ2) is 4.41. The van der Waals surface area contributed by atoms with Crippen LogP contribution in [0.3, 0.4) is 0 Å². The number of hydrogen-bond acceptors (Lipinski definition) is 3. The average molecular weight is 266 g/mol. The fraction of sp³-hybridized carbons (Fsp3) is 0.929. The highest BCUT2D eigenvalue weighted by Gasteiger charge is 2.43. The van der Waals surface area contributed by atoms with E-state index in [-0.39, 0.29) is 0 Å². The topological polar surface area (TPSA) is 33.6 Å². The van der Waals surface area contributed by atoms with E-state index >= 15 is 0 Å². The van der Waals surface area contributed by atoms with Crippen molar-refractivity contribution in [3.63, 3.8) is 0 Å². The highest BCUT2D eigenvalue weighted by molar-refractivity contribution is 8.14. The lowest BCUT2D eigenvalue weighted by molar-refractivity contribution is 0.0555. The average Bonchev–Trinajstić information content (AvgIpc) is 3.28. The molecule has 0 bridgehead atoms. The van der Waals surface area contributed by atoms with Crippen molar-refractivity contribution in [3.05, 3.63) is 0 Å². The van der Waals surface area contributed by atoms with Gasteiger partial charge >= 0.3 is 0 Å². The highest BCUT2D eigenvalue weighted by Crippen LogP contribution is 2.47. The fourth-order valence-corrected chi connectivity index (χ4v) is 4.47. The van der Waals surface area contributed by atoms with Crippen LogP contribution >= 0.6 is 11.8 Å². The SMILES string of the molecule is C1CC2(CCO1)CSC(=NC(C1CC1)C1CC1)N2. The Morgan fingerprint density at radius 2 is 1.83 bits per heavy atom. The highest BCUT2D eigenvalue weighted by atomic mass is 32.2. The van der Waals surface area contributed by atoms with E-state index in [2.05, 4.69) is 5.32 Å². The zero-order valence-electron chi connectivity index (χ0n) is 10.9. The summed E-state index contributed by atoms with van der Waals surface area (Å²) in [5.74, 6) is 3.02. The van der Waals surface area contributed by atoms with Gasteiger partial charge in [0.05, 0.1) is 11.6 Å². The smallest absolute Gasteiger partial charge is 0.157 e. The van der Waals surface area contributed by atoms with Crippen molar-refractivity contribution in [2.24, 2.45) is 16.8 Å². The first-order valence-electron chi connectivity index (χ1n) is 7.41. The summed E-state index contributed by atoms with van der Waals surface area (Å²) >= 11 is 1.95. The lowest BCUT2D eigenvalue weighted by Gasteiger charge is -2.32. The van der Waals surface area contributed by atoms with Crippen LogP contribution in [-0.2, 0) is 4.74 Å². The largest absolute Gasteiger partial charge is 0.381 e. The van der Waals surface area contributed by atoms with E-state index in [4.69, 9.17) is 9.73 Å². The van der Waals surface area contributed by atoms with E-state index in [9.17, 15) is 0 Å². The normalized spacial score (nSPS) is 33.3. The van der Waals surface area contributed by atoms with E-state index in [0.717, 1.165) is 37.9 Å². The van der Waals surface area contributed by atoms with Crippen LogP contribution in [0.1, 0.15) is 38.5 Å². The van der Waals surface area contributed by atoms with Crippen LogP contribution in [0.4, 0.5) is 0 Å². The maximum atomic E-state index is 5.48. The zero-order valence-corrected chi connectivity index (χ0v) is 11.7. The Kier molecular flexibility index (Phi) is 2.84. The van der Waals surface area contributed by atoms with Crippen LogP contribution in [0.5, 0.6) is 0 Å². The maximum Gasteiger partial charge on any atom is 0.157 e. The molecule has 2 heterocycles. The number of aliphatic imine (C=N–C) groups is 1. The minimum Gasteiger partial charge on any atom is -0.381 e. The molecule has 2 aliphatic carbocycles. The van der Waals surface area contributed by atoms with Crippen molar-refractivity contribution in [1.29, 1.82) is 0 Å². The van der Waals surface area contributed by atoms with Gasteiger partial charge in [-0.3, -0.25) is 4.99 Å². The van der Waals surface area contributed by atoms with Crippen LogP contribution in [0.2, 0.25) is 0 Å². The van der Waals surface area contributed by atoms with E-state index in [1.54, 1.807) is 0 Å². The third-order valence-corrected chi connectivity index (χ3v) is 5.96. The molecule has 0 radical (unpaired) electrons. The van der Waals surface area contributed by atoms with Gasteiger partial charge in [-0.05, 0) is 50.4 Å². The summed E-state index contributed by atoms with van der Waals surface area (Å²) in [6.45, 7) is 1.82. The Morgan fingerprint density at radius 3 is 2.44 bits per heavy atom. The molecule has 0 aromatic carbocycles. The summed E-state index contributed by atoms with van der Waals surface area (Å²) < 4.78 is 5.48. The van der Waals surface area contributed by atoms with E-state index in [0.29, 0.717) is 11.6 Å². The number of rotatable bonds is 3. The minimum atomic E-state index is 0.305. The Bertz CT molecular complexity index is 345. The molecule has 4 fully saturated rings. The van der Waals surface area contributed by atoms with Crippen molar-refractivity contribution in [2.75, 3.05) is 19.0 Å². The van der Waals surface area contributed by atoms with E-state index < -0.39 is 0 Å². The Hall–Kier alpha value is -0.220. The van der Waals surface area contributed by atoms with Crippen LogP contribution in [0.15, 0.2) is 4.99 Å². The minimum absolute atomic E-state index is 0.305. The molecule has 2 saturated carbocycles. The summed E-state index contributed by atoms with van der Waals surface area (Å²) in [5.41, 5.74) is 0.305. The first kappa shape index (κ1) is 11.6. The van der Waals surface area contributed by atoms with Gasteiger partial charge in [-0.15, -0.1) is 0 Å². The molecule has 2 aliphatic heterocycles. The van der Waals surface area contributed by atoms with Crippen LogP contribution in [0.25, 0.3) is 0 Å². The molecule has 0 atom stereocenters. The molecular formula is C14H22N2OS. The van der Waals surface area contributed by atoms with Crippen molar-refractivity contribution in [1.82, 2.24) is 5.32 Å². The number of nitrogens with one attached hydrogen (secondary N) is 1. The van der Waals surface area contributed by atoms with Gasteiger partial charge in [0, 0.05) is 19.0 Å². The van der Waals surface area contributed by atoms with Gasteiger partial charge in [0.1, 0.15) is 0 Å². The van der Waals surface area contributed by atoms with Crippen LogP contribution < -0.4 is 5.32 Å². The van der Waals surface area contributed by atoms with Gasteiger partial charge in [0.2, 0.25) is 0 Å². The van der Waals surface area contributed by atoms with Crippen molar-refractivity contribution < 1.29 is 4.74 Å². The summed E-state index contributed by atoms with van der Waals surface area (Å²) in [7, 11) is 0. The summed E-state index contributed by atoms with van der Waals surface area (Å²) in [4.78, 5) is 5.08. The summed E-state index contributed by atoms with van der Waals surface area (Å²) in [5, 5.41) is 4.97. The molecule has 1 N–H and O–H groups in total. The zero-order chi connectivity index (χ0) is 12.0. The predicted octanol–water partition coefficient (Wildman–Crippen LogP) is 2.42. The Balaban J connectivity index is 1.45. The third kappa shape index (κ3) is 2.29. The predicted molar refractivity (Wildman–Crippen MR) is 75.0 cm³/mol. The molecule has 2 saturated heterocycles. The monoisotopic (exact) mass is 266 g/mol. The Morgan fingerprint density at radius 1 is 1.17 bits per heavy atom. The number of hydrogen-bond donors (Lipinski definition) is 1. The molecule has 18 heavy (non-hydrogen) atoms. The van der Waals surface area contributed by atoms with E-state index in [1.165, 1.54) is 36.6 Å². The lowest BCUT2D eigenvalue weighted by Crippen LogP contribution is -2.48. The molecule has 4 aliphatic rings. The van der Waals surface area contributed by atoms with Gasteiger partial charge < -0.3 is 10.1 Å². The second-order valence-corrected chi connectivity index (χ2v) is 7.37. The molecule has 4 heteroatoms. The van der Waals surface area contributed by atoms with Crippen molar-refractivity contribution in [2.45, 2.75) is 50.1 Å². The summed E-state index contributed by atoms with van der Waals surface area (Å²) in [6.07, 6.45) is 7.97. The van der Waals surface area contributed by atoms with Crippen molar-refractivity contribution >= 4 is 16.9 Å². The fourth-order valence-electron chi connectivity index (χ4n) is 3.21. The molecule has 1 spiro atoms. The maximum absolute atomic E-state index is 5.48. The summed E-state index contributed by atoms with van der Waals surface area (Å²) in [6, 6.07) is 0.648. The van der Waals surface area contributed by atoms with Crippen molar-refractivity contribution in [3.8, 4) is 0 Å². The number of thioether (sulfide) groups is 1. The number of amidine groups is 1. The first-order valence-corrected chi connectivity index (χ1v) is 8.40. The van der Waals surface area contributed by atoms with Crippen LogP contribution in [-0.4, -0.2) is 35.7 Å². The quantitative estimate of drug-likeness (QED) is 0.851. The van der Waals surface area contributed by atoms with Crippen LogP contribution in [0, 0.1) is 11.8 Å². The second-order valence-electron chi connectivity index (χ2n) is 6.41. The molecule has 3 nitrogen and oxygen atoms in total. The van der Waals surface area contributed by atoms with Gasteiger partial charge in [0.15, 0.2) is 5.17 Å². The number of nitrogens with zero attached hydrogens (tertiary/aromatic N) is 1. The molecular weight excluding hydrogens is 244 g/mol. The molecule has 0 aromatic rings. The van der Waals surface area contributed by atoms with Gasteiger partial charge in [-0.1, -0.05) is 11.8 Å². The van der Waals surface area contributed by atoms with Gasteiger partial charge in [0.25, 0.3) is 0 Å². The van der Waals surface area contributed by atoms with E-state index in [1.807, 2.05) is 11.8 Å². The Labute approximate surface area is 113 Å². The first-order chi connectivity index (χ1) is 8.85. The molecule has 100 valence electrons. The van der Waals surface area contributed by atoms with Gasteiger partial charge in [-0.2, -0.15) is 0 Å².